The molecule has 0 atom stereocenters. The summed E-state index contributed by atoms with van der Waals surface area (Å²) in [6, 6.07) is 89.7. The van der Waals surface area contributed by atoms with E-state index in [1.54, 1.807) is 0 Å². The minimum atomic E-state index is 0.834. The van der Waals surface area contributed by atoms with Crippen LogP contribution in [0.3, 0.4) is 0 Å². The summed E-state index contributed by atoms with van der Waals surface area (Å²) in [5.74, 6) is 0. The van der Waals surface area contributed by atoms with Gasteiger partial charge < -0.3 is 23.8 Å². The Morgan fingerprint density at radius 3 is 1.73 bits per heavy atom. The van der Waals surface area contributed by atoms with Crippen molar-refractivity contribution in [3.05, 3.63) is 273 Å². The Morgan fingerprint density at radius 2 is 0.974 bits per heavy atom. The number of anilines is 4. The van der Waals surface area contributed by atoms with Crippen LogP contribution >= 0.6 is 0 Å². The molecular weight excluding hydrogens is 937 g/mol. The van der Waals surface area contributed by atoms with Gasteiger partial charge in [0.1, 0.15) is 11.2 Å². The molecule has 15 rings (SSSR count). The maximum Gasteiger partial charge on any atom is 0.145 e. The fourth-order valence-electron chi connectivity index (χ4n) is 12.0. The lowest BCUT2D eigenvalue weighted by Gasteiger charge is -2.27. The summed E-state index contributed by atoms with van der Waals surface area (Å²) in [5.41, 5.74) is 22.0. The van der Waals surface area contributed by atoms with Crippen LogP contribution in [0.4, 0.5) is 22.7 Å². The van der Waals surface area contributed by atoms with Crippen molar-refractivity contribution in [2.75, 3.05) is 10.2 Å². The standard InChI is InChI=1S/C72H50N4O/c1-47-18-14-15-41-74(69-39-36-60-63-45-52(35-40-70(63)77-72(60)71(47)69)49-21-16-22-53(42-49)73-64-30-11-8-27-57(64)48-19-4-2-5-20-48)55-25-17-26-56(46-55)76-66-32-13-10-29-59(66)62-44-51(34-38-68(62)76)50-33-37-67-61(43-50)58-28-9-12-31-65(58)75(67)54-23-6-3-7-24-54/h2-13,15-17,19-46,73H,1,14,18H2/b41-15-. The van der Waals surface area contributed by atoms with E-state index >= 15 is 0 Å². The van der Waals surface area contributed by atoms with Crippen LogP contribution in [-0.2, 0) is 0 Å². The monoisotopic (exact) mass is 986 g/mol. The molecule has 14 aromatic rings. The third-order valence-electron chi connectivity index (χ3n) is 15.6. The molecule has 3 aromatic heterocycles. The van der Waals surface area contributed by atoms with Crippen molar-refractivity contribution < 1.29 is 4.42 Å². The number of furan rings is 1. The van der Waals surface area contributed by atoms with E-state index in [9.17, 15) is 0 Å². The fraction of sp³-hybridized carbons (Fsp3) is 0.0278. The number of hydrogen-bond donors (Lipinski definition) is 1. The van der Waals surface area contributed by atoms with E-state index in [0.717, 1.165) is 108 Å². The Balaban J connectivity index is 0.787. The first-order valence-electron chi connectivity index (χ1n) is 26.5. The van der Waals surface area contributed by atoms with Gasteiger partial charge in [-0.3, -0.25) is 0 Å². The first-order chi connectivity index (χ1) is 38.1. The highest BCUT2D eigenvalue weighted by molar-refractivity contribution is 6.14. The van der Waals surface area contributed by atoms with Gasteiger partial charge in [-0.05, 0) is 155 Å². The lowest BCUT2D eigenvalue weighted by atomic mass is 9.95. The summed E-state index contributed by atoms with van der Waals surface area (Å²) < 4.78 is 11.7. The summed E-state index contributed by atoms with van der Waals surface area (Å²) in [7, 11) is 0. The molecule has 0 aliphatic carbocycles. The second-order valence-corrected chi connectivity index (χ2v) is 20.2. The van der Waals surface area contributed by atoms with E-state index in [2.05, 4.69) is 280 Å². The van der Waals surface area contributed by atoms with Crippen molar-refractivity contribution in [2.45, 2.75) is 12.8 Å². The molecule has 0 saturated heterocycles. The predicted molar refractivity (Wildman–Crippen MR) is 324 cm³/mol. The molecule has 11 aromatic carbocycles. The number of nitrogens with one attached hydrogen (secondary N) is 1. The van der Waals surface area contributed by atoms with Gasteiger partial charge in [0.2, 0.25) is 0 Å². The molecule has 0 radical (unpaired) electrons. The third-order valence-corrected chi connectivity index (χ3v) is 15.6. The normalized spacial score (nSPS) is 13.2. The number of allylic oxidation sites excluding steroid dienone is 2. The molecule has 1 N–H and O–H groups in total. The molecule has 0 unspecified atom stereocenters. The van der Waals surface area contributed by atoms with Gasteiger partial charge in [-0.2, -0.15) is 0 Å². The van der Waals surface area contributed by atoms with Crippen LogP contribution in [0.5, 0.6) is 0 Å². The van der Waals surface area contributed by atoms with Crippen molar-refractivity contribution in [2.24, 2.45) is 0 Å². The van der Waals surface area contributed by atoms with Gasteiger partial charge in [0.15, 0.2) is 0 Å². The molecule has 364 valence electrons. The van der Waals surface area contributed by atoms with Crippen LogP contribution in [0.15, 0.2) is 272 Å². The summed E-state index contributed by atoms with van der Waals surface area (Å²) in [6.45, 7) is 4.70. The van der Waals surface area contributed by atoms with E-state index in [1.807, 2.05) is 0 Å². The van der Waals surface area contributed by atoms with Crippen LogP contribution in [0, 0.1) is 0 Å². The van der Waals surface area contributed by atoms with Crippen molar-refractivity contribution >= 4 is 93.9 Å². The smallest absolute Gasteiger partial charge is 0.145 e. The highest BCUT2D eigenvalue weighted by Crippen LogP contribution is 2.46. The van der Waals surface area contributed by atoms with Crippen molar-refractivity contribution in [3.63, 3.8) is 0 Å². The van der Waals surface area contributed by atoms with Crippen LogP contribution < -0.4 is 10.2 Å². The van der Waals surface area contributed by atoms with Crippen molar-refractivity contribution in [1.29, 1.82) is 0 Å². The molecule has 1 aliphatic rings. The second kappa shape index (κ2) is 18.1. The molecule has 1 aliphatic heterocycles. The Hall–Kier alpha value is -10.1. The molecule has 0 fully saturated rings. The number of benzene rings is 11. The van der Waals surface area contributed by atoms with Crippen molar-refractivity contribution in [3.8, 4) is 44.8 Å². The number of rotatable bonds is 8. The minimum absolute atomic E-state index is 0.834. The molecule has 0 spiro atoms. The minimum Gasteiger partial charge on any atom is -0.455 e. The average molecular weight is 987 g/mol. The number of nitrogens with zero attached hydrogens (tertiary/aromatic N) is 3. The van der Waals surface area contributed by atoms with Crippen LogP contribution in [0.1, 0.15) is 18.4 Å². The highest BCUT2D eigenvalue weighted by atomic mass is 16.3. The summed E-state index contributed by atoms with van der Waals surface area (Å²) in [4.78, 5) is 2.31. The van der Waals surface area contributed by atoms with E-state index in [-0.39, 0.29) is 0 Å². The molecular formula is C72H50N4O. The molecule has 4 heterocycles. The third kappa shape index (κ3) is 7.46. The Bertz CT molecular complexity index is 4690. The number of hydrogen-bond acceptors (Lipinski definition) is 3. The second-order valence-electron chi connectivity index (χ2n) is 20.2. The maximum atomic E-state index is 6.90. The summed E-state index contributed by atoms with van der Waals surface area (Å²) in [5, 5.41) is 10.8. The Labute approximate surface area is 446 Å². The topological polar surface area (TPSA) is 38.3 Å². The molecule has 5 nitrogen and oxygen atoms in total. The van der Waals surface area contributed by atoms with E-state index < -0.39 is 0 Å². The zero-order valence-electron chi connectivity index (χ0n) is 42.2. The van der Waals surface area contributed by atoms with E-state index in [1.165, 1.54) is 49.3 Å². The molecule has 0 saturated carbocycles. The van der Waals surface area contributed by atoms with Crippen molar-refractivity contribution in [1.82, 2.24) is 9.13 Å². The lowest BCUT2D eigenvalue weighted by molar-refractivity contribution is 0.667. The van der Waals surface area contributed by atoms with Gasteiger partial charge in [0, 0.05) is 78.1 Å². The predicted octanol–water partition coefficient (Wildman–Crippen LogP) is 20.0. The van der Waals surface area contributed by atoms with Gasteiger partial charge in [-0.15, -0.1) is 0 Å². The highest BCUT2D eigenvalue weighted by Gasteiger charge is 2.24. The zero-order chi connectivity index (χ0) is 51.0. The largest absolute Gasteiger partial charge is 0.455 e. The Kier molecular flexibility index (Phi) is 10.4. The molecule has 77 heavy (non-hydrogen) atoms. The SMILES string of the molecule is C=C1CC/C=C\N(c2cccc(-n3c4ccccc4c4cc(-c5ccc6c(c5)c5ccccc5n6-c5ccccc5)ccc43)c2)c2ccc3c(oc4ccc(-c5cccc(Nc6ccccc6-c6ccccc6)c5)cc43)c21. The zero-order valence-corrected chi connectivity index (χ0v) is 42.2. The average Bonchev–Trinajstić information content (AvgIpc) is 4.22. The quantitative estimate of drug-likeness (QED) is 0.165. The van der Waals surface area contributed by atoms with Crippen LogP contribution in [-0.4, -0.2) is 9.13 Å². The summed E-state index contributed by atoms with van der Waals surface area (Å²) in [6.07, 6.45) is 6.19. The number of aromatic nitrogens is 2. The van der Waals surface area contributed by atoms with E-state index in [0.29, 0.717) is 0 Å². The maximum absolute atomic E-state index is 6.90. The first-order valence-corrected chi connectivity index (χ1v) is 26.5. The van der Waals surface area contributed by atoms with Gasteiger partial charge in [0.05, 0.1) is 27.8 Å². The van der Waals surface area contributed by atoms with Crippen LogP contribution in [0.2, 0.25) is 0 Å². The van der Waals surface area contributed by atoms with Gasteiger partial charge in [-0.25, -0.2) is 0 Å². The molecule has 0 bridgehead atoms. The van der Waals surface area contributed by atoms with E-state index in [4.69, 9.17) is 11.0 Å². The van der Waals surface area contributed by atoms with Crippen LogP contribution in [0.25, 0.3) is 116 Å². The molecule has 0 amide bonds. The number of para-hydroxylation sites is 4. The molecule has 5 heteroatoms. The number of fused-ring (bicyclic) bond motifs is 11. The van der Waals surface area contributed by atoms with Gasteiger partial charge in [0.25, 0.3) is 0 Å². The van der Waals surface area contributed by atoms with Gasteiger partial charge in [-0.1, -0.05) is 152 Å². The van der Waals surface area contributed by atoms with Gasteiger partial charge >= 0.3 is 0 Å². The first kappa shape index (κ1) is 44.4. The Morgan fingerprint density at radius 1 is 0.403 bits per heavy atom. The lowest BCUT2D eigenvalue weighted by Crippen LogP contribution is -2.12. The summed E-state index contributed by atoms with van der Waals surface area (Å²) >= 11 is 0. The fourth-order valence-corrected chi connectivity index (χ4v) is 12.0.